The number of carboxylic acid groups (broad SMARTS) is 2. The summed E-state index contributed by atoms with van der Waals surface area (Å²) >= 11 is 0. The van der Waals surface area contributed by atoms with Gasteiger partial charge in [-0.1, -0.05) is 44.2 Å². The van der Waals surface area contributed by atoms with E-state index < -0.39 is 11.9 Å². The number of pyridine rings is 2. The molecule has 11 nitrogen and oxygen atoms in total. The van der Waals surface area contributed by atoms with Gasteiger partial charge in [0.2, 0.25) is 11.8 Å². The molecular weight excluding hydrogens is 492 g/mol. The van der Waals surface area contributed by atoms with Crippen LogP contribution in [0.15, 0.2) is 42.7 Å². The second kappa shape index (κ2) is 14.7. The molecule has 3 heterocycles. The number of aliphatic carboxylic acids is 2. The summed E-state index contributed by atoms with van der Waals surface area (Å²) in [6, 6.07) is 9.10. The van der Waals surface area contributed by atoms with Gasteiger partial charge in [-0.3, -0.25) is 14.6 Å². The van der Waals surface area contributed by atoms with Gasteiger partial charge in [-0.05, 0) is 30.0 Å². The van der Waals surface area contributed by atoms with E-state index >= 15 is 0 Å². The van der Waals surface area contributed by atoms with E-state index in [1.54, 1.807) is 23.4 Å². The lowest BCUT2D eigenvalue weighted by molar-refractivity contribution is -0.159. The Labute approximate surface area is 221 Å². The van der Waals surface area contributed by atoms with Gasteiger partial charge in [-0.15, -0.1) is 0 Å². The summed E-state index contributed by atoms with van der Waals surface area (Å²) in [7, 11) is 0. The van der Waals surface area contributed by atoms with Gasteiger partial charge in [0.05, 0.1) is 13.0 Å². The molecule has 1 saturated carbocycles. The van der Waals surface area contributed by atoms with Crippen LogP contribution in [0, 0.1) is 5.92 Å². The number of hydrogen-bond donors (Lipinski definition) is 2. The van der Waals surface area contributed by atoms with E-state index in [1.165, 1.54) is 32.1 Å². The highest BCUT2D eigenvalue weighted by atomic mass is 16.5. The smallest absolute Gasteiger partial charge is 0.414 e. The van der Waals surface area contributed by atoms with Gasteiger partial charge >= 0.3 is 11.9 Å². The van der Waals surface area contributed by atoms with Crippen LogP contribution in [0.5, 0.6) is 5.88 Å². The molecule has 1 aliphatic heterocycles. The first kappa shape index (κ1) is 28.5. The van der Waals surface area contributed by atoms with Crippen molar-refractivity contribution in [3.8, 4) is 5.88 Å². The van der Waals surface area contributed by atoms with Gasteiger partial charge in [0, 0.05) is 44.6 Å². The van der Waals surface area contributed by atoms with Crippen LogP contribution < -0.4 is 4.74 Å². The predicted octanol–water partition coefficient (Wildman–Crippen LogP) is 2.51. The molecule has 0 aromatic carbocycles. The highest BCUT2D eigenvalue weighted by Gasteiger charge is 2.26. The molecule has 2 aliphatic rings. The summed E-state index contributed by atoms with van der Waals surface area (Å²) < 4.78 is 5.85. The maximum absolute atomic E-state index is 12.9. The highest BCUT2D eigenvalue weighted by Crippen LogP contribution is 2.26. The maximum atomic E-state index is 12.9. The molecule has 204 valence electrons. The van der Waals surface area contributed by atoms with Crippen molar-refractivity contribution in [3.05, 3.63) is 54.0 Å². The molecule has 2 N–H and O–H groups in total. The topological polar surface area (TPSA) is 150 Å². The summed E-state index contributed by atoms with van der Waals surface area (Å²) in [5, 5.41) is 14.8. The van der Waals surface area contributed by atoms with Crippen molar-refractivity contribution in [1.29, 1.82) is 0 Å². The van der Waals surface area contributed by atoms with Crippen molar-refractivity contribution < 1.29 is 34.1 Å². The zero-order valence-electron chi connectivity index (χ0n) is 21.3. The van der Waals surface area contributed by atoms with E-state index in [2.05, 4.69) is 9.97 Å². The first-order valence-electron chi connectivity index (χ1n) is 12.9. The maximum Gasteiger partial charge on any atom is 0.414 e. The van der Waals surface area contributed by atoms with Crippen molar-refractivity contribution in [2.24, 2.45) is 5.92 Å². The van der Waals surface area contributed by atoms with Crippen LogP contribution in [-0.4, -0.2) is 86.5 Å². The zero-order valence-corrected chi connectivity index (χ0v) is 21.3. The second-order valence-electron chi connectivity index (χ2n) is 9.32. The number of carboxylic acids is 2. The fourth-order valence-corrected chi connectivity index (χ4v) is 4.53. The third kappa shape index (κ3) is 9.13. The number of carbonyl (C=O) groups excluding carboxylic acids is 2. The summed E-state index contributed by atoms with van der Waals surface area (Å²) in [4.78, 5) is 55.8. The van der Waals surface area contributed by atoms with Gasteiger partial charge in [0.1, 0.15) is 5.69 Å². The highest BCUT2D eigenvalue weighted by molar-refractivity contribution is 6.27. The van der Waals surface area contributed by atoms with Crippen LogP contribution in [0.25, 0.3) is 0 Å². The molecule has 2 aromatic heterocycles. The fourth-order valence-electron chi connectivity index (χ4n) is 4.53. The molecule has 1 saturated heterocycles. The third-order valence-corrected chi connectivity index (χ3v) is 6.62. The minimum Gasteiger partial charge on any atom is -0.478 e. The molecule has 0 atom stereocenters. The number of rotatable bonds is 7. The summed E-state index contributed by atoms with van der Waals surface area (Å²) in [5.41, 5.74) is 1.30. The number of amides is 2. The predicted molar refractivity (Wildman–Crippen MR) is 137 cm³/mol. The summed E-state index contributed by atoms with van der Waals surface area (Å²) in [6.07, 6.45) is 11.4. The number of hydrogen-bond acceptors (Lipinski definition) is 7. The van der Waals surface area contributed by atoms with Crippen molar-refractivity contribution in [1.82, 2.24) is 19.8 Å². The van der Waals surface area contributed by atoms with Gasteiger partial charge < -0.3 is 24.7 Å². The normalized spacial score (nSPS) is 15.7. The molecule has 1 aliphatic carbocycles. The average Bonchev–Trinajstić information content (AvgIpc) is 2.94. The van der Waals surface area contributed by atoms with Crippen LogP contribution in [0.1, 0.15) is 54.6 Å². The molecule has 0 bridgehead atoms. The second-order valence-corrected chi connectivity index (χ2v) is 9.32. The molecule has 4 rings (SSSR count). The SMILES string of the molecule is O=C(Cc1cccnc1)N1CCN(C(=O)c2cccc(OCCC3CCCCC3)n2)CC1.O=C(O)C(=O)O. The average molecular weight is 527 g/mol. The number of piperazine rings is 1. The van der Waals surface area contributed by atoms with E-state index in [-0.39, 0.29) is 11.8 Å². The quantitative estimate of drug-likeness (QED) is 0.519. The first-order valence-corrected chi connectivity index (χ1v) is 12.9. The Balaban J connectivity index is 0.000000599. The molecule has 11 heteroatoms. The van der Waals surface area contributed by atoms with Gasteiger partial charge in [0.25, 0.3) is 5.91 Å². The van der Waals surface area contributed by atoms with Gasteiger partial charge in [0.15, 0.2) is 0 Å². The van der Waals surface area contributed by atoms with Crippen LogP contribution in [0.2, 0.25) is 0 Å². The van der Waals surface area contributed by atoms with Crippen molar-refractivity contribution >= 4 is 23.8 Å². The molecule has 0 radical (unpaired) electrons. The Bertz CT molecular complexity index is 1070. The Hall–Kier alpha value is -4.02. The molecular formula is C27H34N4O7. The van der Waals surface area contributed by atoms with Crippen molar-refractivity contribution in [3.63, 3.8) is 0 Å². The molecule has 0 unspecified atom stereocenters. The molecule has 2 amide bonds. The molecule has 2 aromatic rings. The largest absolute Gasteiger partial charge is 0.478 e. The van der Waals surface area contributed by atoms with E-state index in [0.717, 1.165) is 17.9 Å². The van der Waals surface area contributed by atoms with Crippen LogP contribution in [0.3, 0.4) is 0 Å². The summed E-state index contributed by atoms with van der Waals surface area (Å²) in [6.45, 7) is 2.72. The van der Waals surface area contributed by atoms with Crippen LogP contribution >= 0.6 is 0 Å². The van der Waals surface area contributed by atoms with E-state index in [1.807, 2.05) is 29.2 Å². The Kier molecular flexibility index (Phi) is 11.0. The Morgan fingerprint density at radius 1 is 0.895 bits per heavy atom. The number of aromatic nitrogens is 2. The van der Waals surface area contributed by atoms with E-state index in [4.69, 9.17) is 24.5 Å². The lowest BCUT2D eigenvalue weighted by atomic mass is 9.87. The third-order valence-electron chi connectivity index (χ3n) is 6.62. The minimum absolute atomic E-state index is 0.0663. The standard InChI is InChI=1S/C25H32N4O3.C2H2O4/c30-24(18-21-8-5-12-26-19-21)28-13-15-29(16-14-28)25(31)22-9-4-10-23(27-22)32-17-11-20-6-2-1-3-7-20;3-1(4)2(5)6/h4-5,8-10,12,19-20H,1-3,6-7,11,13-18H2;(H,3,4)(H,5,6). The van der Waals surface area contributed by atoms with E-state index in [0.29, 0.717) is 50.8 Å². The zero-order chi connectivity index (χ0) is 27.3. The van der Waals surface area contributed by atoms with E-state index in [9.17, 15) is 9.59 Å². The number of carbonyl (C=O) groups is 4. The lowest BCUT2D eigenvalue weighted by Gasteiger charge is -2.34. The number of nitrogens with zero attached hydrogens (tertiary/aromatic N) is 4. The first-order chi connectivity index (χ1) is 18.3. The lowest BCUT2D eigenvalue weighted by Crippen LogP contribution is -2.51. The molecule has 0 spiro atoms. The molecule has 2 fully saturated rings. The van der Waals surface area contributed by atoms with Gasteiger partial charge in [-0.25, -0.2) is 14.6 Å². The molecule has 38 heavy (non-hydrogen) atoms. The van der Waals surface area contributed by atoms with Crippen molar-refractivity contribution in [2.75, 3.05) is 32.8 Å². The minimum atomic E-state index is -1.82. The fraction of sp³-hybridized carbons (Fsp3) is 0.481. The van der Waals surface area contributed by atoms with Crippen LogP contribution in [-0.2, 0) is 20.8 Å². The summed E-state index contributed by atoms with van der Waals surface area (Å²) in [5.74, 6) is -2.42. The van der Waals surface area contributed by atoms with Gasteiger partial charge in [-0.2, -0.15) is 0 Å². The Morgan fingerprint density at radius 3 is 2.21 bits per heavy atom. The van der Waals surface area contributed by atoms with Crippen LogP contribution in [0.4, 0.5) is 0 Å². The van der Waals surface area contributed by atoms with Crippen molar-refractivity contribution in [2.45, 2.75) is 44.9 Å². The monoisotopic (exact) mass is 526 g/mol. The number of ether oxygens (including phenoxy) is 1. The Morgan fingerprint density at radius 2 is 1.58 bits per heavy atom.